The molecule has 0 bridgehead atoms. The number of hydrogen-bond acceptors (Lipinski definition) is 9. The third-order valence-electron chi connectivity index (χ3n) is 7.28. The molecular formula is C28H29FN4O5S. The lowest BCUT2D eigenvalue weighted by Crippen LogP contribution is -2.37. The topological polar surface area (TPSA) is 127 Å². The van der Waals surface area contributed by atoms with E-state index in [1.165, 1.54) is 23.7 Å². The summed E-state index contributed by atoms with van der Waals surface area (Å²) in [5.74, 6) is -1.12. The standard InChI is InChI=1S/C28H29FN4O5S/c1-3-37-28(36)21-22(16-6-4-7-17(11-10-16)25-31-20(14-38-25)27(34)35)32-24(26-30-12-13-39-26)33-23(21)18-8-5-9-19(29)15(18)2/h5,8-9,12-14,16-17,23H,3-4,6-7,10-11H2,1-2H3,(H,32,33)(H,34,35)/t16-,17-,23?/m1/s1. The second kappa shape index (κ2) is 11.5. The number of oxazole rings is 1. The molecule has 2 N–H and O–H groups in total. The fourth-order valence-electron chi connectivity index (χ4n) is 5.33. The van der Waals surface area contributed by atoms with E-state index in [0.717, 1.165) is 19.3 Å². The first-order valence-corrected chi connectivity index (χ1v) is 13.8. The number of thiazole rings is 1. The largest absolute Gasteiger partial charge is 0.476 e. The van der Waals surface area contributed by atoms with Gasteiger partial charge in [-0.05, 0) is 62.6 Å². The van der Waals surface area contributed by atoms with Crippen LogP contribution in [0.3, 0.4) is 0 Å². The van der Waals surface area contributed by atoms with Crippen molar-refractivity contribution in [2.75, 3.05) is 6.61 Å². The Balaban J connectivity index is 1.55. The van der Waals surface area contributed by atoms with Gasteiger partial charge in [0.1, 0.15) is 18.1 Å². The minimum atomic E-state index is -1.13. The molecule has 1 aromatic carbocycles. The Bertz CT molecular complexity index is 1430. The number of carboxylic acids is 1. The number of aromatic nitrogens is 2. The van der Waals surface area contributed by atoms with Crippen LogP contribution >= 0.6 is 11.3 Å². The van der Waals surface area contributed by atoms with Crippen LogP contribution in [-0.4, -0.2) is 39.5 Å². The molecule has 204 valence electrons. The molecule has 0 spiro atoms. The quantitative estimate of drug-likeness (QED) is 0.289. The van der Waals surface area contributed by atoms with Crippen LogP contribution in [-0.2, 0) is 9.53 Å². The number of halogens is 1. The molecule has 1 saturated carbocycles. The van der Waals surface area contributed by atoms with Crippen molar-refractivity contribution in [2.45, 2.75) is 57.9 Å². The summed E-state index contributed by atoms with van der Waals surface area (Å²) in [5, 5.41) is 15.2. The summed E-state index contributed by atoms with van der Waals surface area (Å²) in [6.45, 7) is 3.63. The van der Waals surface area contributed by atoms with Gasteiger partial charge in [0.15, 0.2) is 22.4 Å². The first-order valence-electron chi connectivity index (χ1n) is 13.0. The zero-order valence-corrected chi connectivity index (χ0v) is 22.5. The Morgan fingerprint density at radius 3 is 2.74 bits per heavy atom. The second-order valence-electron chi connectivity index (χ2n) is 9.62. The number of aliphatic imine (C=N–C) groups is 1. The number of ether oxygens (including phenoxy) is 1. The van der Waals surface area contributed by atoms with Crippen LogP contribution in [0, 0.1) is 18.7 Å². The zero-order valence-electron chi connectivity index (χ0n) is 21.6. The summed E-state index contributed by atoms with van der Waals surface area (Å²) in [4.78, 5) is 38.2. The van der Waals surface area contributed by atoms with E-state index in [4.69, 9.17) is 14.1 Å². The van der Waals surface area contributed by atoms with Crippen LogP contribution in [0.25, 0.3) is 0 Å². The van der Waals surface area contributed by atoms with Crippen LogP contribution in [0.4, 0.5) is 4.39 Å². The normalized spacial score (nSPS) is 21.6. The molecule has 1 aliphatic carbocycles. The molecule has 5 rings (SSSR count). The van der Waals surface area contributed by atoms with E-state index >= 15 is 0 Å². The summed E-state index contributed by atoms with van der Waals surface area (Å²) in [6.07, 6.45) is 6.61. The van der Waals surface area contributed by atoms with Gasteiger partial charge < -0.3 is 19.6 Å². The van der Waals surface area contributed by atoms with E-state index in [1.807, 2.05) is 5.38 Å². The maximum atomic E-state index is 14.7. The van der Waals surface area contributed by atoms with Gasteiger partial charge in [0, 0.05) is 23.2 Å². The van der Waals surface area contributed by atoms with Crippen LogP contribution in [0.15, 0.2) is 56.7 Å². The number of rotatable bonds is 7. The SMILES string of the molecule is CCOC(=O)C1=C([C@@H]2CCC[C@@H](c3nc(C(=O)O)co3)CC2)NC(c2nccs2)=NC1c1cccc(F)c1C. The Morgan fingerprint density at radius 2 is 2.03 bits per heavy atom. The molecule has 0 saturated heterocycles. The van der Waals surface area contributed by atoms with Gasteiger partial charge in [-0.15, -0.1) is 11.3 Å². The van der Waals surface area contributed by atoms with Crippen LogP contribution in [0.1, 0.15) is 83.5 Å². The summed E-state index contributed by atoms with van der Waals surface area (Å²) < 4.78 is 25.7. The predicted molar refractivity (Wildman–Crippen MR) is 142 cm³/mol. The fraction of sp³-hybridized carbons (Fsp3) is 0.393. The number of carbonyl (C=O) groups is 2. The number of amidine groups is 1. The Hall–Kier alpha value is -3.86. The van der Waals surface area contributed by atoms with Crippen molar-refractivity contribution in [3.63, 3.8) is 0 Å². The molecule has 2 aromatic heterocycles. The molecule has 3 atom stereocenters. The number of esters is 1. The minimum Gasteiger partial charge on any atom is -0.476 e. The number of allylic oxidation sites excluding steroid dienone is 1. The number of carboxylic acid groups (broad SMARTS) is 1. The number of aromatic carboxylic acids is 1. The predicted octanol–water partition coefficient (Wildman–Crippen LogP) is 5.55. The molecule has 1 fully saturated rings. The first-order chi connectivity index (χ1) is 18.9. The lowest BCUT2D eigenvalue weighted by molar-refractivity contribution is -0.139. The highest BCUT2D eigenvalue weighted by atomic mass is 32.1. The van der Waals surface area contributed by atoms with Gasteiger partial charge >= 0.3 is 11.9 Å². The smallest absolute Gasteiger partial charge is 0.357 e. The van der Waals surface area contributed by atoms with Crippen molar-refractivity contribution in [3.8, 4) is 0 Å². The number of hydrogen-bond donors (Lipinski definition) is 2. The molecule has 0 amide bonds. The van der Waals surface area contributed by atoms with E-state index in [2.05, 4.69) is 15.3 Å². The Morgan fingerprint density at radius 1 is 1.23 bits per heavy atom. The summed E-state index contributed by atoms with van der Waals surface area (Å²) in [5.41, 5.74) is 2.00. The van der Waals surface area contributed by atoms with Crippen LogP contribution in [0.5, 0.6) is 0 Å². The number of carbonyl (C=O) groups excluding carboxylic acids is 1. The number of nitrogens with zero attached hydrogens (tertiary/aromatic N) is 3. The van der Waals surface area contributed by atoms with Gasteiger partial charge in [-0.25, -0.2) is 23.9 Å². The highest BCUT2D eigenvalue weighted by Gasteiger charge is 2.37. The number of benzene rings is 1. The molecular weight excluding hydrogens is 523 g/mol. The van der Waals surface area contributed by atoms with E-state index in [9.17, 15) is 19.1 Å². The van der Waals surface area contributed by atoms with Crippen LogP contribution < -0.4 is 5.32 Å². The lowest BCUT2D eigenvalue weighted by atomic mass is 9.85. The van der Waals surface area contributed by atoms with E-state index in [-0.39, 0.29) is 30.0 Å². The molecule has 9 nitrogen and oxygen atoms in total. The van der Waals surface area contributed by atoms with Crippen LogP contribution in [0.2, 0.25) is 0 Å². The van der Waals surface area contributed by atoms with Gasteiger partial charge in [0.2, 0.25) is 0 Å². The highest BCUT2D eigenvalue weighted by molar-refractivity contribution is 7.11. The van der Waals surface area contributed by atoms with E-state index in [0.29, 0.717) is 52.0 Å². The molecule has 0 radical (unpaired) electrons. The molecule has 3 aromatic rings. The third kappa shape index (κ3) is 5.49. The average molecular weight is 553 g/mol. The Labute approximate surface area is 228 Å². The first kappa shape index (κ1) is 26.7. The van der Waals surface area contributed by atoms with E-state index in [1.54, 1.807) is 32.2 Å². The van der Waals surface area contributed by atoms with Gasteiger partial charge in [0.25, 0.3) is 0 Å². The van der Waals surface area contributed by atoms with Crippen molar-refractivity contribution in [1.82, 2.24) is 15.3 Å². The number of nitrogens with one attached hydrogen (secondary N) is 1. The minimum absolute atomic E-state index is 0.0355. The van der Waals surface area contributed by atoms with Crippen molar-refractivity contribution < 1.29 is 28.2 Å². The third-order valence-corrected chi connectivity index (χ3v) is 8.06. The molecule has 1 aliphatic heterocycles. The summed E-state index contributed by atoms with van der Waals surface area (Å²) in [6, 6.07) is 4.04. The lowest BCUT2D eigenvalue weighted by Gasteiger charge is -2.31. The Kier molecular flexibility index (Phi) is 7.87. The van der Waals surface area contributed by atoms with Gasteiger partial charge in [0.05, 0.1) is 12.2 Å². The summed E-state index contributed by atoms with van der Waals surface area (Å²) in [7, 11) is 0. The van der Waals surface area contributed by atoms with Crippen molar-refractivity contribution in [1.29, 1.82) is 0 Å². The van der Waals surface area contributed by atoms with E-state index < -0.39 is 18.0 Å². The van der Waals surface area contributed by atoms with Gasteiger partial charge in [-0.1, -0.05) is 18.6 Å². The maximum absolute atomic E-state index is 14.7. The monoisotopic (exact) mass is 552 g/mol. The van der Waals surface area contributed by atoms with Gasteiger partial charge in [-0.3, -0.25) is 4.99 Å². The molecule has 1 unspecified atom stereocenters. The molecule has 2 aliphatic rings. The van der Waals surface area contributed by atoms with Crippen molar-refractivity contribution >= 4 is 29.1 Å². The van der Waals surface area contributed by atoms with Gasteiger partial charge in [-0.2, -0.15) is 0 Å². The summed E-state index contributed by atoms with van der Waals surface area (Å²) >= 11 is 1.42. The highest BCUT2D eigenvalue weighted by Crippen LogP contribution is 2.42. The van der Waals surface area contributed by atoms with Crippen molar-refractivity contribution in [3.05, 3.63) is 80.8 Å². The van der Waals surface area contributed by atoms with Crippen molar-refractivity contribution in [2.24, 2.45) is 10.9 Å². The average Bonchev–Trinajstić information content (AvgIpc) is 3.59. The molecule has 39 heavy (non-hydrogen) atoms. The molecule has 11 heteroatoms. The molecule has 3 heterocycles. The second-order valence-corrected chi connectivity index (χ2v) is 10.5. The zero-order chi connectivity index (χ0) is 27.5. The fourth-order valence-corrected chi connectivity index (χ4v) is 5.91. The maximum Gasteiger partial charge on any atom is 0.357 e.